The van der Waals surface area contributed by atoms with Gasteiger partial charge < -0.3 is 14.8 Å². The van der Waals surface area contributed by atoms with Crippen LogP contribution >= 0.6 is 0 Å². The third-order valence-corrected chi connectivity index (χ3v) is 3.94. The highest BCUT2D eigenvalue weighted by atomic mass is 16.5. The fourth-order valence-electron chi connectivity index (χ4n) is 2.44. The molecular formula is C22H22N2O3. The quantitative estimate of drug-likeness (QED) is 0.663. The Morgan fingerprint density at radius 2 is 1.74 bits per heavy atom. The standard InChI is InChI=1S/C22H22N2O3/c1-17(27-21-7-3-2-4-8-21)22(25)24-15-18-9-11-20(12-10-18)26-16-19-6-5-13-23-14-19/h2-14,17H,15-16H2,1H3,(H,24,25). The third kappa shape index (κ3) is 5.85. The fraction of sp³-hybridized carbons (Fsp3) is 0.182. The summed E-state index contributed by atoms with van der Waals surface area (Å²) in [5.74, 6) is 1.29. The van der Waals surface area contributed by atoms with E-state index in [1.807, 2.05) is 66.7 Å². The molecule has 5 heteroatoms. The van der Waals surface area contributed by atoms with Gasteiger partial charge in [0.15, 0.2) is 6.10 Å². The van der Waals surface area contributed by atoms with Crippen LogP contribution in [0.4, 0.5) is 0 Å². The van der Waals surface area contributed by atoms with Crippen LogP contribution in [0.2, 0.25) is 0 Å². The van der Waals surface area contributed by atoms with Gasteiger partial charge >= 0.3 is 0 Å². The highest BCUT2D eigenvalue weighted by Gasteiger charge is 2.14. The molecule has 138 valence electrons. The normalized spacial score (nSPS) is 11.4. The minimum atomic E-state index is -0.561. The molecule has 0 aliphatic heterocycles. The van der Waals surface area contributed by atoms with Crippen LogP contribution in [0.5, 0.6) is 11.5 Å². The summed E-state index contributed by atoms with van der Waals surface area (Å²) in [4.78, 5) is 16.2. The minimum absolute atomic E-state index is 0.157. The molecule has 1 aromatic heterocycles. The smallest absolute Gasteiger partial charge is 0.261 e. The molecule has 0 spiro atoms. The molecule has 0 aliphatic rings. The van der Waals surface area contributed by atoms with Crippen molar-refractivity contribution in [3.63, 3.8) is 0 Å². The summed E-state index contributed by atoms with van der Waals surface area (Å²) in [5.41, 5.74) is 2.00. The van der Waals surface area contributed by atoms with E-state index < -0.39 is 6.10 Å². The SMILES string of the molecule is CC(Oc1ccccc1)C(=O)NCc1ccc(OCc2cccnc2)cc1. The van der Waals surface area contributed by atoms with E-state index in [0.29, 0.717) is 18.9 Å². The van der Waals surface area contributed by atoms with Crippen molar-refractivity contribution in [2.45, 2.75) is 26.2 Å². The van der Waals surface area contributed by atoms with Gasteiger partial charge in [0.25, 0.3) is 5.91 Å². The Morgan fingerprint density at radius 3 is 2.44 bits per heavy atom. The second kappa shape index (κ2) is 9.38. The molecular weight excluding hydrogens is 340 g/mol. The van der Waals surface area contributed by atoms with Crippen LogP contribution in [0, 0.1) is 0 Å². The van der Waals surface area contributed by atoms with Crippen LogP contribution in [0.1, 0.15) is 18.1 Å². The Labute approximate surface area is 159 Å². The highest BCUT2D eigenvalue weighted by molar-refractivity contribution is 5.80. The van der Waals surface area contributed by atoms with E-state index in [0.717, 1.165) is 16.9 Å². The van der Waals surface area contributed by atoms with Gasteiger partial charge in [-0.3, -0.25) is 9.78 Å². The molecule has 0 fully saturated rings. The molecule has 1 atom stereocenters. The molecule has 1 unspecified atom stereocenters. The van der Waals surface area contributed by atoms with Crippen molar-refractivity contribution in [3.8, 4) is 11.5 Å². The molecule has 0 saturated heterocycles. The first-order chi connectivity index (χ1) is 13.2. The average Bonchev–Trinajstić information content (AvgIpc) is 2.72. The number of benzene rings is 2. The maximum absolute atomic E-state index is 12.2. The molecule has 1 N–H and O–H groups in total. The van der Waals surface area contributed by atoms with Crippen LogP contribution < -0.4 is 14.8 Å². The number of amides is 1. The molecule has 2 aromatic carbocycles. The lowest BCUT2D eigenvalue weighted by molar-refractivity contribution is -0.127. The molecule has 3 aromatic rings. The van der Waals surface area contributed by atoms with E-state index in [1.54, 1.807) is 19.3 Å². The van der Waals surface area contributed by atoms with E-state index in [-0.39, 0.29) is 5.91 Å². The summed E-state index contributed by atoms with van der Waals surface area (Å²) >= 11 is 0. The minimum Gasteiger partial charge on any atom is -0.489 e. The van der Waals surface area contributed by atoms with Gasteiger partial charge in [-0.1, -0.05) is 36.4 Å². The number of hydrogen-bond donors (Lipinski definition) is 1. The summed E-state index contributed by atoms with van der Waals surface area (Å²) in [5, 5.41) is 2.88. The van der Waals surface area contributed by atoms with Gasteiger partial charge in [-0.25, -0.2) is 0 Å². The highest BCUT2D eigenvalue weighted by Crippen LogP contribution is 2.14. The first-order valence-corrected chi connectivity index (χ1v) is 8.81. The van der Waals surface area contributed by atoms with Crippen molar-refractivity contribution < 1.29 is 14.3 Å². The average molecular weight is 362 g/mol. The number of ether oxygens (including phenoxy) is 2. The number of carbonyl (C=O) groups excluding carboxylic acids is 1. The third-order valence-electron chi connectivity index (χ3n) is 3.94. The zero-order valence-electron chi connectivity index (χ0n) is 15.2. The number of nitrogens with one attached hydrogen (secondary N) is 1. The monoisotopic (exact) mass is 362 g/mol. The molecule has 27 heavy (non-hydrogen) atoms. The zero-order chi connectivity index (χ0) is 18.9. The lowest BCUT2D eigenvalue weighted by Gasteiger charge is -2.15. The summed E-state index contributed by atoms with van der Waals surface area (Å²) in [6, 6.07) is 20.8. The largest absolute Gasteiger partial charge is 0.489 e. The first-order valence-electron chi connectivity index (χ1n) is 8.81. The molecule has 0 radical (unpaired) electrons. The predicted octanol–water partition coefficient (Wildman–Crippen LogP) is 3.74. The molecule has 0 saturated carbocycles. The van der Waals surface area contributed by atoms with Crippen molar-refractivity contribution in [2.75, 3.05) is 0 Å². The fourth-order valence-corrected chi connectivity index (χ4v) is 2.44. The summed E-state index contributed by atoms with van der Waals surface area (Å²) in [6.45, 7) is 2.64. The van der Waals surface area contributed by atoms with Gasteiger partial charge in [-0.15, -0.1) is 0 Å². The van der Waals surface area contributed by atoms with E-state index >= 15 is 0 Å². The molecule has 0 aliphatic carbocycles. The summed E-state index contributed by atoms with van der Waals surface area (Å²) in [6.07, 6.45) is 2.95. The van der Waals surface area contributed by atoms with Gasteiger partial charge in [0.05, 0.1) is 0 Å². The number of hydrogen-bond acceptors (Lipinski definition) is 4. The van der Waals surface area contributed by atoms with E-state index in [2.05, 4.69) is 10.3 Å². The molecule has 0 bridgehead atoms. The topological polar surface area (TPSA) is 60.5 Å². The summed E-state index contributed by atoms with van der Waals surface area (Å²) < 4.78 is 11.4. The predicted molar refractivity (Wildman–Crippen MR) is 103 cm³/mol. The van der Waals surface area contributed by atoms with Crippen molar-refractivity contribution in [3.05, 3.63) is 90.3 Å². The van der Waals surface area contributed by atoms with Gasteiger partial charge in [0, 0.05) is 24.5 Å². The Kier molecular flexibility index (Phi) is 6.41. The molecule has 3 rings (SSSR count). The number of para-hydroxylation sites is 1. The van der Waals surface area contributed by atoms with Crippen LogP contribution in [-0.4, -0.2) is 17.0 Å². The van der Waals surface area contributed by atoms with Crippen molar-refractivity contribution in [1.82, 2.24) is 10.3 Å². The van der Waals surface area contributed by atoms with Gasteiger partial charge in [0.1, 0.15) is 18.1 Å². The lowest BCUT2D eigenvalue weighted by atomic mass is 10.2. The number of carbonyl (C=O) groups is 1. The van der Waals surface area contributed by atoms with Gasteiger partial charge in [0.2, 0.25) is 0 Å². The van der Waals surface area contributed by atoms with E-state index in [4.69, 9.17) is 9.47 Å². The van der Waals surface area contributed by atoms with Crippen LogP contribution in [0.3, 0.4) is 0 Å². The number of aromatic nitrogens is 1. The Hall–Kier alpha value is -3.34. The van der Waals surface area contributed by atoms with Crippen molar-refractivity contribution >= 4 is 5.91 Å². The zero-order valence-corrected chi connectivity index (χ0v) is 15.2. The van der Waals surface area contributed by atoms with Crippen LogP contribution in [0.15, 0.2) is 79.1 Å². The van der Waals surface area contributed by atoms with Crippen LogP contribution in [0.25, 0.3) is 0 Å². The first kappa shape index (κ1) is 18.5. The molecule has 1 amide bonds. The lowest BCUT2D eigenvalue weighted by Crippen LogP contribution is -2.35. The van der Waals surface area contributed by atoms with E-state index in [1.165, 1.54) is 0 Å². The van der Waals surface area contributed by atoms with Crippen molar-refractivity contribution in [1.29, 1.82) is 0 Å². The summed E-state index contributed by atoms with van der Waals surface area (Å²) in [7, 11) is 0. The second-order valence-corrected chi connectivity index (χ2v) is 6.08. The Morgan fingerprint density at radius 1 is 0.963 bits per heavy atom. The van der Waals surface area contributed by atoms with Crippen molar-refractivity contribution in [2.24, 2.45) is 0 Å². The Balaban J connectivity index is 1.44. The maximum atomic E-state index is 12.2. The second-order valence-electron chi connectivity index (χ2n) is 6.08. The number of nitrogens with zero attached hydrogens (tertiary/aromatic N) is 1. The molecule has 5 nitrogen and oxygen atoms in total. The number of rotatable bonds is 8. The van der Waals surface area contributed by atoms with Gasteiger partial charge in [-0.2, -0.15) is 0 Å². The van der Waals surface area contributed by atoms with Crippen LogP contribution in [-0.2, 0) is 17.9 Å². The van der Waals surface area contributed by atoms with Gasteiger partial charge in [-0.05, 0) is 42.8 Å². The van der Waals surface area contributed by atoms with E-state index in [9.17, 15) is 4.79 Å². The molecule has 1 heterocycles. The maximum Gasteiger partial charge on any atom is 0.261 e. The number of pyridine rings is 1. The Bertz CT molecular complexity index is 836.